The minimum atomic E-state index is -0.174. The maximum Gasteiger partial charge on any atom is 0.244 e. The summed E-state index contributed by atoms with van der Waals surface area (Å²) >= 11 is 0. The molecule has 5 heteroatoms. The average molecular weight is 312 g/mol. The predicted molar refractivity (Wildman–Crippen MR) is 90.0 cm³/mol. The van der Waals surface area contributed by atoms with E-state index in [0.717, 1.165) is 22.6 Å². The maximum absolute atomic E-state index is 11.8. The van der Waals surface area contributed by atoms with Gasteiger partial charge in [-0.25, -0.2) is 5.43 Å². The van der Waals surface area contributed by atoms with E-state index in [0.29, 0.717) is 6.61 Å². The van der Waals surface area contributed by atoms with Crippen molar-refractivity contribution in [3.63, 3.8) is 0 Å². The molecule has 1 N–H and O–H groups in total. The number of hydrogen-bond donors (Lipinski definition) is 1. The van der Waals surface area contributed by atoms with Crippen molar-refractivity contribution in [2.45, 2.75) is 13.3 Å². The van der Waals surface area contributed by atoms with Gasteiger partial charge in [-0.15, -0.1) is 0 Å². The normalized spacial score (nSPS) is 10.5. The first-order valence-corrected chi connectivity index (χ1v) is 7.39. The molecule has 120 valence electrons. The van der Waals surface area contributed by atoms with Gasteiger partial charge in [-0.05, 0) is 42.3 Å². The van der Waals surface area contributed by atoms with Crippen molar-refractivity contribution in [3.05, 3.63) is 59.7 Å². The summed E-state index contributed by atoms with van der Waals surface area (Å²) < 4.78 is 10.5. The molecule has 0 saturated carbocycles. The third kappa shape index (κ3) is 5.47. The van der Waals surface area contributed by atoms with Crippen LogP contribution in [0.4, 0.5) is 0 Å². The number of methoxy groups -OCH3 is 1. The van der Waals surface area contributed by atoms with Gasteiger partial charge in [-0.1, -0.05) is 24.3 Å². The van der Waals surface area contributed by atoms with Gasteiger partial charge in [0.25, 0.3) is 0 Å². The Hall–Kier alpha value is -2.82. The van der Waals surface area contributed by atoms with Crippen molar-refractivity contribution in [2.75, 3.05) is 13.7 Å². The fourth-order valence-electron chi connectivity index (χ4n) is 2.00. The van der Waals surface area contributed by atoms with Crippen LogP contribution in [0, 0.1) is 0 Å². The second-order valence-corrected chi connectivity index (χ2v) is 4.82. The first kappa shape index (κ1) is 16.5. The number of nitrogens with zero attached hydrogens (tertiary/aromatic N) is 1. The number of amides is 1. The van der Waals surface area contributed by atoms with Crippen LogP contribution in [0.15, 0.2) is 53.6 Å². The molecule has 0 aliphatic rings. The first-order valence-electron chi connectivity index (χ1n) is 7.39. The number of hydrogen-bond acceptors (Lipinski definition) is 4. The van der Waals surface area contributed by atoms with Crippen LogP contribution < -0.4 is 14.9 Å². The van der Waals surface area contributed by atoms with Gasteiger partial charge in [0, 0.05) is 0 Å². The molecule has 0 unspecified atom stereocenters. The van der Waals surface area contributed by atoms with Crippen LogP contribution in [0.5, 0.6) is 11.5 Å². The van der Waals surface area contributed by atoms with E-state index in [-0.39, 0.29) is 12.3 Å². The molecule has 2 rings (SSSR count). The number of rotatable bonds is 7. The maximum atomic E-state index is 11.8. The Morgan fingerprint density at radius 3 is 2.65 bits per heavy atom. The molecule has 2 aromatic rings. The molecule has 0 aromatic heterocycles. The van der Waals surface area contributed by atoms with E-state index >= 15 is 0 Å². The summed E-state index contributed by atoms with van der Waals surface area (Å²) in [6.07, 6.45) is 1.86. The third-order valence-corrected chi connectivity index (χ3v) is 3.10. The summed E-state index contributed by atoms with van der Waals surface area (Å²) in [4.78, 5) is 11.8. The van der Waals surface area contributed by atoms with Crippen molar-refractivity contribution < 1.29 is 14.3 Å². The lowest BCUT2D eigenvalue weighted by Gasteiger charge is -2.04. The molecule has 5 nitrogen and oxygen atoms in total. The van der Waals surface area contributed by atoms with Gasteiger partial charge in [0.1, 0.15) is 11.5 Å². The van der Waals surface area contributed by atoms with Gasteiger partial charge >= 0.3 is 0 Å². The fourth-order valence-corrected chi connectivity index (χ4v) is 2.00. The highest BCUT2D eigenvalue weighted by molar-refractivity contribution is 5.83. The lowest BCUT2D eigenvalue weighted by molar-refractivity contribution is -0.120. The van der Waals surface area contributed by atoms with Crippen molar-refractivity contribution in [1.29, 1.82) is 0 Å². The van der Waals surface area contributed by atoms with Crippen LogP contribution in [0.25, 0.3) is 0 Å². The SMILES string of the molecule is CCOc1cccc(/C=N\NC(=O)Cc2ccc(OC)cc2)c1. The second kappa shape index (κ2) is 8.58. The molecule has 0 atom stereocenters. The highest BCUT2D eigenvalue weighted by atomic mass is 16.5. The molecule has 0 aliphatic heterocycles. The standard InChI is InChI=1S/C18H20N2O3/c1-3-23-17-6-4-5-15(11-17)13-19-20-18(21)12-14-7-9-16(22-2)10-8-14/h4-11,13H,3,12H2,1-2H3,(H,20,21)/b19-13-. The van der Waals surface area contributed by atoms with Crippen LogP contribution >= 0.6 is 0 Å². The van der Waals surface area contributed by atoms with Gasteiger partial charge < -0.3 is 9.47 Å². The summed E-state index contributed by atoms with van der Waals surface area (Å²) in [6.45, 7) is 2.54. The van der Waals surface area contributed by atoms with Crippen LogP contribution in [0.2, 0.25) is 0 Å². The lowest BCUT2D eigenvalue weighted by Crippen LogP contribution is -2.19. The smallest absolute Gasteiger partial charge is 0.244 e. The Bertz CT molecular complexity index is 666. The summed E-state index contributed by atoms with van der Waals surface area (Å²) in [5.41, 5.74) is 4.28. The number of carbonyl (C=O) groups is 1. The molecule has 0 spiro atoms. The first-order chi connectivity index (χ1) is 11.2. The fraction of sp³-hybridized carbons (Fsp3) is 0.222. The quantitative estimate of drug-likeness (QED) is 0.632. The van der Waals surface area contributed by atoms with Crippen molar-refractivity contribution >= 4 is 12.1 Å². The number of nitrogens with one attached hydrogen (secondary N) is 1. The molecule has 0 aliphatic carbocycles. The number of carbonyl (C=O) groups excluding carboxylic acids is 1. The van der Waals surface area contributed by atoms with Gasteiger partial charge in [0.2, 0.25) is 5.91 Å². The second-order valence-electron chi connectivity index (χ2n) is 4.82. The van der Waals surface area contributed by atoms with Crippen LogP contribution in [0.3, 0.4) is 0 Å². The molecule has 23 heavy (non-hydrogen) atoms. The summed E-state index contributed by atoms with van der Waals surface area (Å²) in [6, 6.07) is 14.9. The zero-order chi connectivity index (χ0) is 16.5. The molecule has 0 bridgehead atoms. The lowest BCUT2D eigenvalue weighted by atomic mass is 10.1. The van der Waals surface area contributed by atoms with Gasteiger partial charge in [0.05, 0.1) is 26.4 Å². The van der Waals surface area contributed by atoms with E-state index in [1.807, 2.05) is 55.5 Å². The zero-order valence-electron chi connectivity index (χ0n) is 13.3. The Balaban J connectivity index is 1.86. The van der Waals surface area contributed by atoms with Gasteiger partial charge in [0.15, 0.2) is 0 Å². The molecular weight excluding hydrogens is 292 g/mol. The van der Waals surface area contributed by atoms with Crippen LogP contribution in [0.1, 0.15) is 18.1 Å². The third-order valence-electron chi connectivity index (χ3n) is 3.10. The Morgan fingerprint density at radius 2 is 1.96 bits per heavy atom. The Kier molecular flexibility index (Phi) is 6.17. The number of benzene rings is 2. The van der Waals surface area contributed by atoms with E-state index in [4.69, 9.17) is 9.47 Å². The molecule has 0 heterocycles. The van der Waals surface area contributed by atoms with Crippen molar-refractivity contribution in [2.24, 2.45) is 5.10 Å². The Labute approximate surface area is 135 Å². The van der Waals surface area contributed by atoms with E-state index in [1.54, 1.807) is 13.3 Å². The molecule has 1 amide bonds. The highest BCUT2D eigenvalue weighted by Crippen LogP contribution is 2.12. The van der Waals surface area contributed by atoms with Gasteiger partial charge in [-0.2, -0.15) is 5.10 Å². The number of hydrazone groups is 1. The largest absolute Gasteiger partial charge is 0.497 e. The minimum absolute atomic E-state index is 0.174. The van der Waals surface area contributed by atoms with Crippen LogP contribution in [-0.2, 0) is 11.2 Å². The molecule has 0 fully saturated rings. The monoisotopic (exact) mass is 312 g/mol. The molecular formula is C18H20N2O3. The van der Waals surface area contributed by atoms with E-state index < -0.39 is 0 Å². The zero-order valence-corrected chi connectivity index (χ0v) is 13.3. The molecule has 0 radical (unpaired) electrons. The average Bonchev–Trinajstić information content (AvgIpc) is 2.56. The van der Waals surface area contributed by atoms with Gasteiger partial charge in [-0.3, -0.25) is 4.79 Å². The molecule has 2 aromatic carbocycles. The summed E-state index contributed by atoms with van der Waals surface area (Å²) in [5, 5.41) is 3.97. The topological polar surface area (TPSA) is 59.9 Å². The summed E-state index contributed by atoms with van der Waals surface area (Å²) in [5.74, 6) is 1.37. The predicted octanol–water partition coefficient (Wildman–Crippen LogP) is 2.79. The van der Waals surface area contributed by atoms with E-state index in [9.17, 15) is 4.79 Å². The van der Waals surface area contributed by atoms with E-state index in [1.165, 1.54) is 0 Å². The minimum Gasteiger partial charge on any atom is -0.497 e. The molecule has 0 saturated heterocycles. The summed E-state index contributed by atoms with van der Waals surface area (Å²) in [7, 11) is 1.61. The van der Waals surface area contributed by atoms with Crippen LogP contribution in [-0.4, -0.2) is 25.8 Å². The highest BCUT2D eigenvalue weighted by Gasteiger charge is 2.02. The number of ether oxygens (including phenoxy) is 2. The van der Waals surface area contributed by atoms with Crippen molar-refractivity contribution in [3.8, 4) is 11.5 Å². The Morgan fingerprint density at radius 1 is 1.17 bits per heavy atom. The van der Waals surface area contributed by atoms with E-state index in [2.05, 4.69) is 10.5 Å². The van der Waals surface area contributed by atoms with Crippen molar-refractivity contribution in [1.82, 2.24) is 5.43 Å².